The monoisotopic (exact) mass is 249 g/mol. The van der Waals surface area contributed by atoms with E-state index in [1.165, 1.54) is 0 Å². The van der Waals surface area contributed by atoms with Crippen molar-refractivity contribution in [2.24, 2.45) is 5.73 Å². The molecule has 0 saturated heterocycles. The Labute approximate surface area is 105 Å². The van der Waals surface area contributed by atoms with Gasteiger partial charge in [-0.2, -0.15) is 16.7 Å². The summed E-state index contributed by atoms with van der Waals surface area (Å²) in [6.45, 7) is 2.58. The van der Waals surface area contributed by atoms with Crippen LogP contribution < -0.4 is 5.73 Å². The molecule has 1 aromatic heterocycles. The number of hydrogen-bond donors (Lipinski definition) is 1. The third kappa shape index (κ3) is 2.68. The molecule has 0 aliphatic carbocycles. The second kappa shape index (κ2) is 5.33. The molecule has 1 unspecified atom stereocenters. The molecule has 0 saturated carbocycles. The van der Waals surface area contributed by atoms with Gasteiger partial charge in [0.1, 0.15) is 0 Å². The summed E-state index contributed by atoms with van der Waals surface area (Å²) >= 11 is 1.68. The molecule has 1 atom stereocenters. The van der Waals surface area contributed by atoms with Crippen LogP contribution in [0.2, 0.25) is 0 Å². The van der Waals surface area contributed by atoms with E-state index in [1.807, 2.05) is 37.4 Å². The van der Waals surface area contributed by atoms with E-state index in [4.69, 9.17) is 10.3 Å². The molecule has 1 aromatic carbocycles. The Morgan fingerprint density at radius 1 is 1.35 bits per heavy atom. The fourth-order valence-corrected chi connectivity index (χ4v) is 1.71. The highest BCUT2D eigenvalue weighted by Gasteiger charge is 2.13. The fraction of sp³-hybridized carbons (Fsp3) is 0.333. The Morgan fingerprint density at radius 3 is 2.65 bits per heavy atom. The van der Waals surface area contributed by atoms with Gasteiger partial charge in [-0.05, 0) is 18.7 Å². The predicted molar refractivity (Wildman–Crippen MR) is 69.6 cm³/mol. The number of nitrogens with zero attached hydrogens (tertiary/aromatic N) is 2. The van der Waals surface area contributed by atoms with Crippen LogP contribution in [0.1, 0.15) is 23.6 Å². The van der Waals surface area contributed by atoms with Crippen LogP contribution in [0.3, 0.4) is 0 Å². The van der Waals surface area contributed by atoms with E-state index in [-0.39, 0.29) is 5.25 Å². The van der Waals surface area contributed by atoms with Crippen LogP contribution in [0.25, 0.3) is 11.4 Å². The first kappa shape index (κ1) is 12.1. The van der Waals surface area contributed by atoms with Gasteiger partial charge in [-0.1, -0.05) is 29.4 Å². The summed E-state index contributed by atoms with van der Waals surface area (Å²) in [5.74, 6) is 1.29. The highest BCUT2D eigenvalue weighted by atomic mass is 32.2. The van der Waals surface area contributed by atoms with Gasteiger partial charge in [0.15, 0.2) is 0 Å². The summed E-state index contributed by atoms with van der Waals surface area (Å²) in [6, 6.07) is 7.87. The molecule has 2 aromatic rings. The third-order valence-electron chi connectivity index (χ3n) is 2.59. The van der Waals surface area contributed by atoms with Crippen molar-refractivity contribution in [2.45, 2.75) is 18.7 Å². The molecule has 2 rings (SSSR count). The van der Waals surface area contributed by atoms with Crippen molar-refractivity contribution in [1.29, 1.82) is 0 Å². The molecule has 0 amide bonds. The third-order valence-corrected chi connectivity index (χ3v) is 3.50. The van der Waals surface area contributed by atoms with E-state index in [0.717, 1.165) is 11.1 Å². The Bertz CT molecular complexity index is 481. The SMILES string of the molecule is CSC(C)c1nc(-c2ccc(CN)cc2)no1. The molecular weight excluding hydrogens is 234 g/mol. The van der Waals surface area contributed by atoms with E-state index in [0.29, 0.717) is 18.3 Å². The molecule has 0 radical (unpaired) electrons. The minimum absolute atomic E-state index is 0.222. The maximum atomic E-state index is 5.55. The lowest BCUT2D eigenvalue weighted by atomic mass is 10.1. The molecule has 5 heteroatoms. The number of benzene rings is 1. The van der Waals surface area contributed by atoms with E-state index in [1.54, 1.807) is 11.8 Å². The second-order valence-electron chi connectivity index (χ2n) is 3.74. The van der Waals surface area contributed by atoms with Crippen LogP contribution in [-0.2, 0) is 6.54 Å². The summed E-state index contributed by atoms with van der Waals surface area (Å²) in [4.78, 5) is 4.38. The molecule has 0 fully saturated rings. The molecule has 4 nitrogen and oxygen atoms in total. The Hall–Kier alpha value is -1.33. The van der Waals surface area contributed by atoms with E-state index >= 15 is 0 Å². The molecule has 2 N–H and O–H groups in total. The number of hydrogen-bond acceptors (Lipinski definition) is 5. The van der Waals surface area contributed by atoms with Gasteiger partial charge in [-0.3, -0.25) is 0 Å². The van der Waals surface area contributed by atoms with Gasteiger partial charge in [-0.25, -0.2) is 0 Å². The van der Waals surface area contributed by atoms with Crippen LogP contribution in [0.4, 0.5) is 0 Å². The molecule has 17 heavy (non-hydrogen) atoms. The van der Waals surface area contributed by atoms with Gasteiger partial charge < -0.3 is 10.3 Å². The van der Waals surface area contributed by atoms with Crippen LogP contribution in [0.15, 0.2) is 28.8 Å². The van der Waals surface area contributed by atoms with Crippen molar-refractivity contribution in [2.75, 3.05) is 6.26 Å². The Morgan fingerprint density at radius 2 is 2.06 bits per heavy atom. The molecule has 90 valence electrons. The summed E-state index contributed by atoms with van der Waals surface area (Å²) in [6.07, 6.45) is 2.02. The van der Waals surface area contributed by atoms with E-state index in [9.17, 15) is 0 Å². The molecule has 0 aliphatic heterocycles. The summed E-state index contributed by atoms with van der Waals surface area (Å²) in [7, 11) is 0. The zero-order chi connectivity index (χ0) is 12.3. The number of aromatic nitrogens is 2. The first-order valence-electron chi connectivity index (χ1n) is 5.40. The average molecular weight is 249 g/mol. The molecular formula is C12H15N3OS. The Balaban J connectivity index is 2.24. The second-order valence-corrected chi connectivity index (χ2v) is 4.91. The van der Waals surface area contributed by atoms with Crippen molar-refractivity contribution < 1.29 is 4.52 Å². The van der Waals surface area contributed by atoms with Crippen molar-refractivity contribution >= 4 is 11.8 Å². The lowest BCUT2D eigenvalue weighted by Crippen LogP contribution is -1.95. The van der Waals surface area contributed by atoms with Crippen LogP contribution in [0.5, 0.6) is 0 Å². The first-order chi connectivity index (χ1) is 8.24. The fourth-order valence-electron chi connectivity index (χ4n) is 1.41. The molecule has 1 heterocycles. The van der Waals surface area contributed by atoms with Gasteiger partial charge >= 0.3 is 0 Å². The highest BCUT2D eigenvalue weighted by Crippen LogP contribution is 2.26. The number of thioether (sulfide) groups is 1. The summed E-state index contributed by atoms with van der Waals surface area (Å²) in [5.41, 5.74) is 7.59. The standard InChI is InChI=1S/C12H15N3OS/c1-8(17-2)12-14-11(15-16-12)10-5-3-9(7-13)4-6-10/h3-6,8H,7,13H2,1-2H3. The lowest BCUT2D eigenvalue weighted by molar-refractivity contribution is 0.381. The minimum Gasteiger partial charge on any atom is -0.338 e. The smallest absolute Gasteiger partial charge is 0.239 e. The van der Waals surface area contributed by atoms with Gasteiger partial charge in [0.25, 0.3) is 0 Å². The largest absolute Gasteiger partial charge is 0.338 e. The highest BCUT2D eigenvalue weighted by molar-refractivity contribution is 7.98. The predicted octanol–water partition coefficient (Wildman–Crippen LogP) is 2.62. The number of nitrogens with two attached hydrogens (primary N) is 1. The van der Waals surface area contributed by atoms with E-state index in [2.05, 4.69) is 10.1 Å². The molecule has 0 bridgehead atoms. The van der Waals surface area contributed by atoms with Crippen molar-refractivity contribution in [3.05, 3.63) is 35.7 Å². The maximum Gasteiger partial charge on any atom is 0.239 e. The maximum absolute atomic E-state index is 5.55. The van der Waals surface area contributed by atoms with Gasteiger partial charge in [0.2, 0.25) is 11.7 Å². The normalized spacial score (nSPS) is 12.6. The van der Waals surface area contributed by atoms with Gasteiger partial charge in [0.05, 0.1) is 5.25 Å². The van der Waals surface area contributed by atoms with Crippen LogP contribution in [-0.4, -0.2) is 16.4 Å². The van der Waals surface area contributed by atoms with Crippen molar-refractivity contribution in [3.8, 4) is 11.4 Å². The molecule has 0 aliphatic rings. The van der Waals surface area contributed by atoms with Crippen molar-refractivity contribution in [3.63, 3.8) is 0 Å². The summed E-state index contributed by atoms with van der Waals surface area (Å²) in [5, 5.41) is 4.20. The molecule has 0 spiro atoms. The topological polar surface area (TPSA) is 64.9 Å². The minimum atomic E-state index is 0.222. The van der Waals surface area contributed by atoms with E-state index < -0.39 is 0 Å². The van der Waals surface area contributed by atoms with Gasteiger partial charge in [0, 0.05) is 12.1 Å². The van der Waals surface area contributed by atoms with Crippen LogP contribution >= 0.6 is 11.8 Å². The number of rotatable bonds is 4. The first-order valence-corrected chi connectivity index (χ1v) is 6.69. The quantitative estimate of drug-likeness (QED) is 0.902. The zero-order valence-electron chi connectivity index (χ0n) is 9.88. The zero-order valence-corrected chi connectivity index (χ0v) is 10.7. The Kier molecular flexibility index (Phi) is 3.81. The summed E-state index contributed by atoms with van der Waals surface area (Å²) < 4.78 is 5.22. The average Bonchev–Trinajstić information content (AvgIpc) is 2.87. The lowest BCUT2D eigenvalue weighted by Gasteiger charge is -1.99. The van der Waals surface area contributed by atoms with Crippen molar-refractivity contribution in [1.82, 2.24) is 10.1 Å². The van der Waals surface area contributed by atoms with Crippen LogP contribution in [0, 0.1) is 0 Å². The van der Waals surface area contributed by atoms with Gasteiger partial charge in [-0.15, -0.1) is 0 Å².